The Labute approximate surface area is 167 Å². The summed E-state index contributed by atoms with van der Waals surface area (Å²) >= 11 is 7.70. The van der Waals surface area contributed by atoms with E-state index in [1.54, 1.807) is 54.5 Å². The van der Waals surface area contributed by atoms with E-state index < -0.39 is 4.87 Å². The SMILES string of the molecule is COc1ccc(C(=O)N2CC(C)(C)S[C@@]23C(=O)Nc2ccc(Cl)cc23)cc1. The number of ether oxygens (including phenoxy) is 1. The zero-order valence-corrected chi connectivity index (χ0v) is 16.8. The maximum absolute atomic E-state index is 13.4. The van der Waals surface area contributed by atoms with Crippen molar-refractivity contribution in [2.45, 2.75) is 23.5 Å². The van der Waals surface area contributed by atoms with Crippen molar-refractivity contribution in [3.05, 3.63) is 58.6 Å². The molecular formula is C20H19ClN2O3S. The summed E-state index contributed by atoms with van der Waals surface area (Å²) in [6.45, 7) is 4.52. The number of thioether (sulfide) groups is 1. The average Bonchev–Trinajstić information content (AvgIpc) is 3.08. The summed E-state index contributed by atoms with van der Waals surface area (Å²) < 4.78 is 4.88. The molecule has 140 valence electrons. The topological polar surface area (TPSA) is 58.6 Å². The lowest BCUT2D eigenvalue weighted by molar-refractivity contribution is -0.121. The average molecular weight is 403 g/mol. The fraction of sp³-hybridized carbons (Fsp3) is 0.300. The molecule has 2 heterocycles. The molecule has 1 saturated heterocycles. The van der Waals surface area contributed by atoms with Crippen molar-refractivity contribution in [1.82, 2.24) is 4.90 Å². The van der Waals surface area contributed by atoms with Gasteiger partial charge in [0.25, 0.3) is 11.8 Å². The molecule has 2 aliphatic heterocycles. The molecule has 5 nitrogen and oxygen atoms in total. The van der Waals surface area contributed by atoms with E-state index in [4.69, 9.17) is 16.3 Å². The summed E-state index contributed by atoms with van der Waals surface area (Å²) in [5, 5.41) is 3.45. The Morgan fingerprint density at radius 2 is 1.93 bits per heavy atom. The normalized spacial score (nSPS) is 22.7. The summed E-state index contributed by atoms with van der Waals surface area (Å²) in [7, 11) is 1.58. The Bertz CT molecular complexity index is 945. The molecule has 0 aromatic heterocycles. The number of halogens is 1. The van der Waals surface area contributed by atoms with Gasteiger partial charge in [0, 0.05) is 33.1 Å². The number of fused-ring (bicyclic) bond motifs is 2. The van der Waals surface area contributed by atoms with Gasteiger partial charge in [-0.2, -0.15) is 0 Å². The molecule has 0 bridgehead atoms. The van der Waals surface area contributed by atoms with Crippen molar-refractivity contribution in [2.24, 2.45) is 0 Å². The van der Waals surface area contributed by atoms with Crippen LogP contribution in [0.1, 0.15) is 29.8 Å². The highest BCUT2D eigenvalue weighted by atomic mass is 35.5. The standard InChI is InChI=1S/C20H19ClN2O3S/c1-19(2)11-23(17(24)12-4-7-14(26-3)8-5-12)20(27-19)15-10-13(21)6-9-16(15)22-18(20)25/h4-10H,11H2,1-3H3,(H,22,25)/t20-/m0/s1. The molecule has 27 heavy (non-hydrogen) atoms. The fourth-order valence-corrected chi connectivity index (χ4v) is 5.53. The molecular weight excluding hydrogens is 384 g/mol. The first kappa shape index (κ1) is 18.2. The molecule has 1 spiro atoms. The van der Waals surface area contributed by atoms with E-state index in [2.05, 4.69) is 5.32 Å². The van der Waals surface area contributed by atoms with Crippen LogP contribution >= 0.6 is 23.4 Å². The van der Waals surface area contributed by atoms with Gasteiger partial charge < -0.3 is 15.0 Å². The smallest absolute Gasteiger partial charge is 0.265 e. The summed E-state index contributed by atoms with van der Waals surface area (Å²) in [6.07, 6.45) is 0. The highest BCUT2D eigenvalue weighted by Crippen LogP contribution is 2.58. The van der Waals surface area contributed by atoms with Gasteiger partial charge >= 0.3 is 0 Å². The number of methoxy groups -OCH3 is 1. The third-order valence-electron chi connectivity index (χ3n) is 4.83. The van der Waals surface area contributed by atoms with Gasteiger partial charge in [-0.3, -0.25) is 9.59 Å². The molecule has 2 amide bonds. The number of nitrogens with zero attached hydrogens (tertiary/aromatic N) is 1. The number of carbonyl (C=O) groups is 2. The van der Waals surface area contributed by atoms with Gasteiger partial charge in [0.05, 0.1) is 7.11 Å². The van der Waals surface area contributed by atoms with Crippen LogP contribution in [-0.4, -0.2) is 35.1 Å². The summed E-state index contributed by atoms with van der Waals surface area (Å²) in [5.41, 5.74) is 1.94. The van der Waals surface area contributed by atoms with Crippen molar-refractivity contribution in [3.8, 4) is 5.75 Å². The lowest BCUT2D eigenvalue weighted by Crippen LogP contribution is -2.48. The van der Waals surface area contributed by atoms with Crippen molar-refractivity contribution < 1.29 is 14.3 Å². The molecule has 2 aromatic carbocycles. The first-order chi connectivity index (χ1) is 12.8. The quantitative estimate of drug-likeness (QED) is 0.820. The highest BCUT2D eigenvalue weighted by molar-refractivity contribution is 8.02. The van der Waals surface area contributed by atoms with Crippen molar-refractivity contribution in [1.29, 1.82) is 0 Å². The van der Waals surface area contributed by atoms with Crippen molar-refractivity contribution >= 4 is 40.9 Å². The molecule has 0 radical (unpaired) electrons. The van der Waals surface area contributed by atoms with Crippen LogP contribution in [-0.2, 0) is 9.67 Å². The van der Waals surface area contributed by atoms with Gasteiger partial charge in [-0.25, -0.2) is 0 Å². The number of benzene rings is 2. The van der Waals surface area contributed by atoms with Gasteiger partial charge in [0.2, 0.25) is 0 Å². The first-order valence-corrected chi connectivity index (χ1v) is 9.74. The Kier molecular flexibility index (Phi) is 4.16. The Morgan fingerprint density at radius 3 is 2.59 bits per heavy atom. The van der Waals surface area contributed by atoms with Crippen LogP contribution in [0.2, 0.25) is 5.02 Å². The van der Waals surface area contributed by atoms with Crippen LogP contribution in [0.3, 0.4) is 0 Å². The van der Waals surface area contributed by atoms with Gasteiger partial charge in [-0.15, -0.1) is 11.8 Å². The molecule has 0 saturated carbocycles. The number of amides is 2. The van der Waals surface area contributed by atoms with Crippen LogP contribution in [0, 0.1) is 0 Å². The molecule has 7 heteroatoms. The zero-order valence-electron chi connectivity index (χ0n) is 15.2. The largest absolute Gasteiger partial charge is 0.497 e. The Morgan fingerprint density at radius 1 is 1.22 bits per heavy atom. The first-order valence-electron chi connectivity index (χ1n) is 8.54. The highest BCUT2D eigenvalue weighted by Gasteiger charge is 2.61. The lowest BCUT2D eigenvalue weighted by Gasteiger charge is -2.32. The van der Waals surface area contributed by atoms with E-state index in [0.29, 0.717) is 28.6 Å². The summed E-state index contributed by atoms with van der Waals surface area (Å²) in [4.78, 5) is 27.0. The molecule has 0 aliphatic carbocycles. The lowest BCUT2D eigenvalue weighted by atomic mass is 10.0. The molecule has 1 fully saturated rings. The van der Waals surface area contributed by atoms with Crippen LogP contribution in [0.25, 0.3) is 0 Å². The number of rotatable bonds is 2. The van der Waals surface area contributed by atoms with Crippen LogP contribution in [0.15, 0.2) is 42.5 Å². The van der Waals surface area contributed by atoms with E-state index in [1.807, 2.05) is 13.8 Å². The Balaban J connectivity index is 1.83. The van der Waals surface area contributed by atoms with Gasteiger partial charge in [0.1, 0.15) is 5.75 Å². The number of hydrogen-bond acceptors (Lipinski definition) is 4. The molecule has 0 unspecified atom stereocenters. The zero-order chi connectivity index (χ0) is 19.4. The molecule has 1 N–H and O–H groups in total. The predicted molar refractivity (Wildman–Crippen MR) is 107 cm³/mol. The summed E-state index contributed by atoms with van der Waals surface area (Å²) in [6, 6.07) is 12.2. The van der Waals surface area contributed by atoms with Crippen LogP contribution < -0.4 is 10.1 Å². The molecule has 1 atom stereocenters. The van der Waals surface area contributed by atoms with Gasteiger partial charge in [-0.1, -0.05) is 11.6 Å². The molecule has 4 rings (SSSR count). The monoisotopic (exact) mass is 402 g/mol. The minimum Gasteiger partial charge on any atom is -0.497 e. The Hall–Kier alpha value is -2.18. The van der Waals surface area contributed by atoms with Crippen LogP contribution in [0.4, 0.5) is 5.69 Å². The minimum absolute atomic E-state index is 0.196. The van der Waals surface area contributed by atoms with E-state index >= 15 is 0 Å². The second kappa shape index (κ2) is 6.17. The van der Waals surface area contributed by atoms with Crippen molar-refractivity contribution in [2.75, 3.05) is 19.0 Å². The van der Waals surface area contributed by atoms with E-state index in [0.717, 1.165) is 5.56 Å². The maximum Gasteiger partial charge on any atom is 0.265 e. The van der Waals surface area contributed by atoms with Gasteiger partial charge in [0.15, 0.2) is 4.87 Å². The fourth-order valence-electron chi connectivity index (χ4n) is 3.69. The number of carbonyl (C=O) groups excluding carboxylic acids is 2. The summed E-state index contributed by atoms with van der Waals surface area (Å²) in [5.74, 6) is 0.268. The van der Waals surface area contributed by atoms with Crippen LogP contribution in [0.5, 0.6) is 5.75 Å². The number of anilines is 1. The number of nitrogens with one attached hydrogen (secondary N) is 1. The minimum atomic E-state index is -1.12. The number of hydrogen-bond donors (Lipinski definition) is 1. The predicted octanol–water partition coefficient (Wildman–Crippen LogP) is 4.12. The van der Waals surface area contributed by atoms with E-state index in [-0.39, 0.29) is 16.6 Å². The molecule has 2 aliphatic rings. The second-order valence-corrected chi connectivity index (χ2v) is 9.61. The van der Waals surface area contributed by atoms with E-state index in [1.165, 1.54) is 11.8 Å². The third-order valence-corrected chi connectivity index (χ3v) is 6.67. The maximum atomic E-state index is 13.4. The second-order valence-electron chi connectivity index (χ2n) is 7.27. The van der Waals surface area contributed by atoms with Gasteiger partial charge in [-0.05, 0) is 56.3 Å². The van der Waals surface area contributed by atoms with Crippen molar-refractivity contribution in [3.63, 3.8) is 0 Å². The third kappa shape index (κ3) is 2.78. The molecule has 2 aromatic rings. The van der Waals surface area contributed by atoms with E-state index in [9.17, 15) is 9.59 Å².